The van der Waals surface area contributed by atoms with Crippen LogP contribution in [0.3, 0.4) is 0 Å². The van der Waals surface area contributed by atoms with Crippen LogP contribution in [-0.4, -0.2) is 43.1 Å². The number of hydrogen-bond acceptors (Lipinski definition) is 4. The van der Waals surface area contributed by atoms with E-state index in [1.807, 2.05) is 37.3 Å². The minimum absolute atomic E-state index is 0.0299. The molecule has 5 nitrogen and oxygen atoms in total. The number of carbonyl (C=O) groups excluding carboxylic acids is 2. The second-order valence-electron chi connectivity index (χ2n) is 4.19. The monoisotopic (exact) mass is 279 g/mol. The summed E-state index contributed by atoms with van der Waals surface area (Å²) in [7, 11) is 0. The molecule has 0 radical (unpaired) electrons. The van der Waals surface area contributed by atoms with Crippen molar-refractivity contribution < 1.29 is 19.1 Å². The fourth-order valence-electron chi connectivity index (χ4n) is 1.66. The van der Waals surface area contributed by atoms with Crippen molar-refractivity contribution in [3.8, 4) is 0 Å². The summed E-state index contributed by atoms with van der Waals surface area (Å²) in [4.78, 5) is 24.7. The van der Waals surface area contributed by atoms with Gasteiger partial charge in [-0.05, 0) is 19.4 Å². The van der Waals surface area contributed by atoms with Crippen LogP contribution in [0.25, 0.3) is 0 Å². The molecule has 0 aromatic heterocycles. The number of ether oxygens (including phenoxy) is 2. The number of likely N-dealkylation sites (N-methyl/N-ethyl adjacent to an activating group) is 1. The lowest BCUT2D eigenvalue weighted by Gasteiger charge is -2.19. The first-order chi connectivity index (χ1) is 9.67. The lowest BCUT2D eigenvalue weighted by molar-refractivity contribution is -0.150. The molecule has 0 atom stereocenters. The van der Waals surface area contributed by atoms with Crippen molar-refractivity contribution in [2.45, 2.75) is 20.5 Å². The fourth-order valence-corrected chi connectivity index (χ4v) is 1.66. The molecule has 0 N–H and O–H groups in total. The highest BCUT2D eigenvalue weighted by Gasteiger charge is 2.16. The van der Waals surface area contributed by atoms with Crippen LogP contribution >= 0.6 is 0 Å². The molecule has 0 unspecified atom stereocenters. The van der Waals surface area contributed by atoms with Gasteiger partial charge >= 0.3 is 5.97 Å². The van der Waals surface area contributed by atoms with Gasteiger partial charge in [0.05, 0.1) is 13.2 Å². The number of amides is 1. The van der Waals surface area contributed by atoms with Crippen molar-refractivity contribution in [2.75, 3.05) is 26.3 Å². The minimum atomic E-state index is -0.397. The Morgan fingerprint density at radius 1 is 1.15 bits per heavy atom. The Morgan fingerprint density at radius 3 is 2.45 bits per heavy atom. The van der Waals surface area contributed by atoms with Gasteiger partial charge in [-0.2, -0.15) is 0 Å². The molecular formula is C15H21NO4. The van der Waals surface area contributed by atoms with Gasteiger partial charge < -0.3 is 14.4 Å². The van der Waals surface area contributed by atoms with Crippen LogP contribution in [0.2, 0.25) is 0 Å². The highest BCUT2D eigenvalue weighted by atomic mass is 16.5. The molecule has 1 aromatic rings. The van der Waals surface area contributed by atoms with Gasteiger partial charge in [0, 0.05) is 6.54 Å². The van der Waals surface area contributed by atoms with E-state index in [9.17, 15) is 9.59 Å². The van der Waals surface area contributed by atoms with Crippen LogP contribution in [0.5, 0.6) is 0 Å². The number of esters is 1. The lowest BCUT2D eigenvalue weighted by atomic mass is 10.2. The van der Waals surface area contributed by atoms with Crippen LogP contribution in [0.4, 0.5) is 0 Å². The van der Waals surface area contributed by atoms with E-state index < -0.39 is 5.97 Å². The Morgan fingerprint density at radius 2 is 1.85 bits per heavy atom. The molecular weight excluding hydrogens is 258 g/mol. The third-order valence-electron chi connectivity index (χ3n) is 2.70. The van der Waals surface area contributed by atoms with Gasteiger partial charge in [0.2, 0.25) is 5.91 Å². The lowest BCUT2D eigenvalue weighted by Crippen LogP contribution is -2.38. The first-order valence-corrected chi connectivity index (χ1v) is 6.72. The molecule has 1 aromatic carbocycles. The zero-order chi connectivity index (χ0) is 14.8. The standard InChI is InChI=1S/C15H21NO4/c1-3-16(10-15(18)20-4-2)14(17)12-19-11-13-8-6-5-7-9-13/h5-9H,3-4,10-12H2,1-2H3. The van der Waals surface area contributed by atoms with Crippen LogP contribution in [0.15, 0.2) is 30.3 Å². The first-order valence-electron chi connectivity index (χ1n) is 6.72. The van der Waals surface area contributed by atoms with E-state index in [-0.39, 0.29) is 19.1 Å². The van der Waals surface area contributed by atoms with Crippen LogP contribution < -0.4 is 0 Å². The van der Waals surface area contributed by atoms with Crippen molar-refractivity contribution in [3.63, 3.8) is 0 Å². The third-order valence-corrected chi connectivity index (χ3v) is 2.70. The molecule has 5 heteroatoms. The van der Waals surface area contributed by atoms with E-state index in [4.69, 9.17) is 9.47 Å². The normalized spacial score (nSPS) is 10.1. The molecule has 1 rings (SSSR count). The molecule has 0 aliphatic heterocycles. The summed E-state index contributed by atoms with van der Waals surface area (Å²) in [6, 6.07) is 9.62. The molecule has 20 heavy (non-hydrogen) atoms. The Kier molecular flexibility index (Phi) is 7.35. The van der Waals surface area contributed by atoms with E-state index in [0.29, 0.717) is 19.8 Å². The molecule has 0 spiro atoms. The summed E-state index contributed by atoms with van der Waals surface area (Å²) in [6.07, 6.45) is 0. The van der Waals surface area contributed by atoms with Crippen molar-refractivity contribution in [2.24, 2.45) is 0 Å². The molecule has 0 saturated heterocycles. The predicted octanol–water partition coefficient (Wildman–Crippen LogP) is 1.61. The maximum Gasteiger partial charge on any atom is 0.325 e. The number of benzene rings is 1. The molecule has 110 valence electrons. The van der Waals surface area contributed by atoms with Crippen LogP contribution in [-0.2, 0) is 25.7 Å². The molecule has 0 saturated carbocycles. The smallest absolute Gasteiger partial charge is 0.325 e. The Labute approximate surface area is 119 Å². The number of hydrogen-bond donors (Lipinski definition) is 0. The summed E-state index contributed by atoms with van der Waals surface area (Å²) in [6.45, 7) is 4.62. The topological polar surface area (TPSA) is 55.8 Å². The Hall–Kier alpha value is -1.88. The van der Waals surface area contributed by atoms with Crippen molar-refractivity contribution in [1.29, 1.82) is 0 Å². The fraction of sp³-hybridized carbons (Fsp3) is 0.467. The van der Waals surface area contributed by atoms with Gasteiger partial charge in [0.25, 0.3) is 0 Å². The largest absolute Gasteiger partial charge is 0.465 e. The van der Waals surface area contributed by atoms with Crippen molar-refractivity contribution in [1.82, 2.24) is 4.90 Å². The highest BCUT2D eigenvalue weighted by molar-refractivity contribution is 5.82. The Balaban J connectivity index is 2.34. The summed E-state index contributed by atoms with van der Waals surface area (Å²) in [5.41, 5.74) is 1.01. The SMILES string of the molecule is CCOC(=O)CN(CC)C(=O)COCc1ccccc1. The van der Waals surface area contributed by atoms with Crippen molar-refractivity contribution >= 4 is 11.9 Å². The quantitative estimate of drug-likeness (QED) is 0.678. The molecule has 0 fully saturated rings. The molecule has 0 aliphatic carbocycles. The molecule has 0 bridgehead atoms. The maximum atomic E-state index is 11.9. The second kappa shape index (κ2) is 9.09. The van der Waals surface area contributed by atoms with Gasteiger partial charge in [-0.25, -0.2) is 0 Å². The van der Waals surface area contributed by atoms with E-state index in [1.54, 1.807) is 6.92 Å². The average molecular weight is 279 g/mol. The summed E-state index contributed by atoms with van der Waals surface area (Å²) in [5.74, 6) is -0.609. The average Bonchev–Trinajstić information content (AvgIpc) is 2.46. The van der Waals surface area contributed by atoms with Gasteiger partial charge in [-0.3, -0.25) is 9.59 Å². The highest BCUT2D eigenvalue weighted by Crippen LogP contribution is 2.01. The number of carbonyl (C=O) groups is 2. The molecule has 0 aliphatic rings. The van der Waals surface area contributed by atoms with E-state index in [0.717, 1.165) is 5.56 Å². The summed E-state index contributed by atoms with van der Waals surface area (Å²) < 4.78 is 10.2. The molecule has 1 amide bonds. The zero-order valence-corrected chi connectivity index (χ0v) is 12.0. The first kappa shape index (κ1) is 16.2. The van der Waals surface area contributed by atoms with Crippen molar-refractivity contribution in [3.05, 3.63) is 35.9 Å². The number of rotatable bonds is 8. The summed E-state index contributed by atoms with van der Waals surface area (Å²) >= 11 is 0. The van der Waals surface area contributed by atoms with Crippen LogP contribution in [0.1, 0.15) is 19.4 Å². The zero-order valence-electron chi connectivity index (χ0n) is 12.0. The van der Waals surface area contributed by atoms with E-state index in [2.05, 4.69) is 0 Å². The van der Waals surface area contributed by atoms with Gasteiger partial charge in [-0.1, -0.05) is 30.3 Å². The van der Waals surface area contributed by atoms with Gasteiger partial charge in [0.1, 0.15) is 13.2 Å². The molecule has 0 heterocycles. The number of nitrogens with zero attached hydrogens (tertiary/aromatic N) is 1. The van der Waals surface area contributed by atoms with E-state index >= 15 is 0 Å². The second-order valence-corrected chi connectivity index (χ2v) is 4.19. The third kappa shape index (κ3) is 5.84. The van der Waals surface area contributed by atoms with Crippen LogP contribution in [0, 0.1) is 0 Å². The Bertz CT molecular complexity index is 419. The predicted molar refractivity (Wildman–Crippen MR) is 75.0 cm³/mol. The minimum Gasteiger partial charge on any atom is -0.465 e. The van der Waals surface area contributed by atoms with Gasteiger partial charge in [-0.15, -0.1) is 0 Å². The van der Waals surface area contributed by atoms with Gasteiger partial charge in [0.15, 0.2) is 0 Å². The van der Waals surface area contributed by atoms with E-state index in [1.165, 1.54) is 4.90 Å². The summed E-state index contributed by atoms with van der Waals surface area (Å²) in [5, 5.41) is 0. The maximum absolute atomic E-state index is 11.9.